The fourth-order valence-electron chi connectivity index (χ4n) is 3.56. The Morgan fingerprint density at radius 3 is 2.64 bits per heavy atom. The van der Waals surface area contributed by atoms with Gasteiger partial charge in [0.05, 0.1) is 16.4 Å². The third kappa shape index (κ3) is 3.12. The maximum Gasteiger partial charge on any atom is 0.276 e. The molecule has 0 unspecified atom stereocenters. The highest BCUT2D eigenvalue weighted by Crippen LogP contribution is 2.28. The van der Waals surface area contributed by atoms with Gasteiger partial charge in [0, 0.05) is 26.2 Å². The topological polar surface area (TPSA) is 63.1 Å². The Labute approximate surface area is 155 Å². The normalized spacial score (nSPS) is 22.0. The highest BCUT2D eigenvalue weighted by atomic mass is 35.5. The summed E-state index contributed by atoms with van der Waals surface area (Å²) in [5, 5.41) is 11.5. The highest BCUT2D eigenvalue weighted by Gasteiger charge is 2.39. The molecule has 0 saturated carbocycles. The van der Waals surface area contributed by atoms with Crippen LogP contribution >= 0.6 is 24.0 Å². The Kier molecular flexibility index (Phi) is 4.99. The number of nitrogens with zero attached hydrogens (tertiary/aromatic N) is 4. The number of rotatable bonds is 2. The molecule has 2 aliphatic rings. The molecular formula is C16H18Cl2FN5O. The largest absolute Gasteiger partial charge is 0.337 e. The molecule has 25 heavy (non-hydrogen) atoms. The van der Waals surface area contributed by atoms with Crippen molar-refractivity contribution >= 4 is 29.9 Å². The number of aromatic nitrogens is 3. The minimum absolute atomic E-state index is 0. The zero-order valence-corrected chi connectivity index (χ0v) is 15.1. The quantitative estimate of drug-likeness (QED) is 0.859. The van der Waals surface area contributed by atoms with Gasteiger partial charge in [0.2, 0.25) is 0 Å². The molecule has 9 heteroatoms. The molecule has 1 N–H and O–H groups in total. The van der Waals surface area contributed by atoms with Crippen LogP contribution in [-0.4, -0.2) is 52.0 Å². The Balaban J connectivity index is 0.00000182. The van der Waals surface area contributed by atoms with Crippen LogP contribution in [0.15, 0.2) is 18.2 Å². The van der Waals surface area contributed by atoms with E-state index in [2.05, 4.69) is 15.6 Å². The smallest absolute Gasteiger partial charge is 0.276 e. The number of nitrogens with one attached hydrogen (secondary N) is 1. The summed E-state index contributed by atoms with van der Waals surface area (Å²) in [5.74, 6) is 0.466. The second-order valence-electron chi connectivity index (χ2n) is 6.42. The van der Waals surface area contributed by atoms with Crippen LogP contribution in [0.2, 0.25) is 5.02 Å². The van der Waals surface area contributed by atoms with Gasteiger partial charge in [-0.3, -0.25) is 4.79 Å². The molecule has 1 amide bonds. The number of carbonyl (C=O) groups excluding carboxylic acids is 1. The van der Waals surface area contributed by atoms with Gasteiger partial charge in [0.15, 0.2) is 5.69 Å². The Morgan fingerprint density at radius 2 is 2.00 bits per heavy atom. The standard InChI is InChI=1S/C16H17ClFN5O.ClH/c1-9-15(16(24)22-7-10-5-19-6-11(10)8-22)20-21-23(9)12-2-3-14(18)13(17)4-12;/h2-4,10-11,19H,5-8H2,1H3;1H/t10-,11+;. The molecule has 2 atom stereocenters. The van der Waals surface area contributed by atoms with Crippen LogP contribution in [0.5, 0.6) is 0 Å². The van der Waals surface area contributed by atoms with E-state index >= 15 is 0 Å². The average Bonchev–Trinajstić information content (AvgIpc) is 3.23. The zero-order chi connectivity index (χ0) is 16.8. The lowest BCUT2D eigenvalue weighted by molar-refractivity contribution is 0.0775. The van der Waals surface area contributed by atoms with Crippen molar-refractivity contribution in [2.24, 2.45) is 11.8 Å². The van der Waals surface area contributed by atoms with Crippen LogP contribution in [0.25, 0.3) is 5.69 Å². The zero-order valence-electron chi connectivity index (χ0n) is 13.6. The van der Waals surface area contributed by atoms with Crippen molar-refractivity contribution in [2.75, 3.05) is 26.2 Å². The van der Waals surface area contributed by atoms with E-state index in [1.54, 1.807) is 13.0 Å². The fourth-order valence-corrected chi connectivity index (χ4v) is 3.73. The second-order valence-corrected chi connectivity index (χ2v) is 6.83. The molecule has 134 valence electrons. The number of hydrogen-bond donors (Lipinski definition) is 1. The molecule has 0 radical (unpaired) electrons. The molecule has 2 aromatic rings. The summed E-state index contributed by atoms with van der Waals surface area (Å²) in [6.45, 7) is 5.22. The monoisotopic (exact) mass is 385 g/mol. The second kappa shape index (κ2) is 6.90. The molecule has 3 heterocycles. The van der Waals surface area contributed by atoms with Gasteiger partial charge < -0.3 is 10.2 Å². The van der Waals surface area contributed by atoms with Crippen molar-refractivity contribution in [2.45, 2.75) is 6.92 Å². The van der Waals surface area contributed by atoms with E-state index in [1.165, 1.54) is 16.8 Å². The summed E-state index contributed by atoms with van der Waals surface area (Å²) in [4.78, 5) is 14.6. The summed E-state index contributed by atoms with van der Waals surface area (Å²) in [5.41, 5.74) is 1.54. The summed E-state index contributed by atoms with van der Waals surface area (Å²) >= 11 is 5.83. The van der Waals surface area contributed by atoms with Gasteiger partial charge in [0.25, 0.3) is 5.91 Å². The summed E-state index contributed by atoms with van der Waals surface area (Å²) in [6, 6.07) is 4.30. The molecule has 2 aliphatic heterocycles. The van der Waals surface area contributed by atoms with Gasteiger partial charge in [-0.05, 0) is 37.0 Å². The van der Waals surface area contributed by atoms with Gasteiger partial charge in [0.1, 0.15) is 5.82 Å². The number of carbonyl (C=O) groups is 1. The molecule has 2 fully saturated rings. The molecular weight excluding hydrogens is 368 g/mol. The first-order valence-electron chi connectivity index (χ1n) is 7.92. The predicted octanol–water partition coefficient (Wildman–Crippen LogP) is 2.08. The van der Waals surface area contributed by atoms with E-state index < -0.39 is 5.82 Å². The SMILES string of the molecule is Cc1c(C(=O)N2C[C@H]3CNC[C@H]3C2)nnn1-c1ccc(F)c(Cl)c1.Cl. The Hall–Kier alpha value is -1.70. The Morgan fingerprint density at radius 1 is 1.32 bits per heavy atom. The third-order valence-corrected chi connectivity index (χ3v) is 5.21. The van der Waals surface area contributed by atoms with E-state index in [9.17, 15) is 9.18 Å². The Bertz CT molecular complexity index is 800. The van der Waals surface area contributed by atoms with Crippen LogP contribution in [0.3, 0.4) is 0 Å². The lowest BCUT2D eigenvalue weighted by Gasteiger charge is -2.16. The van der Waals surface area contributed by atoms with Crippen LogP contribution in [0.1, 0.15) is 16.2 Å². The van der Waals surface area contributed by atoms with Gasteiger partial charge in [-0.25, -0.2) is 9.07 Å². The van der Waals surface area contributed by atoms with E-state index in [1.807, 2.05) is 4.90 Å². The molecule has 0 bridgehead atoms. The summed E-state index contributed by atoms with van der Waals surface area (Å²) in [6.07, 6.45) is 0. The van der Waals surface area contributed by atoms with E-state index in [0.29, 0.717) is 28.9 Å². The molecule has 0 spiro atoms. The third-order valence-electron chi connectivity index (χ3n) is 4.92. The van der Waals surface area contributed by atoms with Crippen molar-refractivity contribution in [3.8, 4) is 5.69 Å². The van der Waals surface area contributed by atoms with Gasteiger partial charge in [-0.15, -0.1) is 17.5 Å². The highest BCUT2D eigenvalue weighted by molar-refractivity contribution is 6.30. The van der Waals surface area contributed by atoms with Crippen LogP contribution in [0.4, 0.5) is 4.39 Å². The first-order valence-corrected chi connectivity index (χ1v) is 8.30. The van der Waals surface area contributed by atoms with Crippen molar-refractivity contribution in [1.29, 1.82) is 0 Å². The number of hydrogen-bond acceptors (Lipinski definition) is 4. The van der Waals surface area contributed by atoms with E-state index in [0.717, 1.165) is 26.2 Å². The van der Waals surface area contributed by atoms with E-state index in [4.69, 9.17) is 11.6 Å². The van der Waals surface area contributed by atoms with Gasteiger partial charge in [-0.2, -0.15) is 0 Å². The van der Waals surface area contributed by atoms with Crippen molar-refractivity contribution in [3.05, 3.63) is 40.4 Å². The number of fused-ring (bicyclic) bond motifs is 1. The molecule has 0 aliphatic carbocycles. The minimum atomic E-state index is -0.494. The predicted molar refractivity (Wildman–Crippen MR) is 94.1 cm³/mol. The minimum Gasteiger partial charge on any atom is -0.337 e. The van der Waals surface area contributed by atoms with Gasteiger partial charge in [-0.1, -0.05) is 16.8 Å². The fraction of sp³-hybridized carbons (Fsp3) is 0.438. The summed E-state index contributed by atoms with van der Waals surface area (Å²) in [7, 11) is 0. The first kappa shape index (κ1) is 18.1. The molecule has 1 aromatic carbocycles. The lowest BCUT2D eigenvalue weighted by Crippen LogP contribution is -2.32. The van der Waals surface area contributed by atoms with E-state index in [-0.39, 0.29) is 23.3 Å². The maximum atomic E-state index is 13.3. The van der Waals surface area contributed by atoms with Gasteiger partial charge >= 0.3 is 0 Å². The number of halogens is 3. The van der Waals surface area contributed by atoms with Crippen molar-refractivity contribution in [3.63, 3.8) is 0 Å². The lowest BCUT2D eigenvalue weighted by atomic mass is 10.0. The maximum absolute atomic E-state index is 13.3. The molecule has 2 saturated heterocycles. The van der Waals surface area contributed by atoms with Crippen molar-refractivity contribution < 1.29 is 9.18 Å². The average molecular weight is 386 g/mol. The number of benzene rings is 1. The van der Waals surface area contributed by atoms with Crippen molar-refractivity contribution in [1.82, 2.24) is 25.2 Å². The van der Waals surface area contributed by atoms with Crippen LogP contribution in [-0.2, 0) is 0 Å². The first-order chi connectivity index (χ1) is 11.5. The number of likely N-dealkylation sites (tertiary alicyclic amines) is 1. The molecule has 6 nitrogen and oxygen atoms in total. The van der Waals surface area contributed by atoms with Crippen LogP contribution in [0, 0.1) is 24.6 Å². The molecule has 4 rings (SSSR count). The van der Waals surface area contributed by atoms with Crippen LogP contribution < -0.4 is 5.32 Å². The summed E-state index contributed by atoms with van der Waals surface area (Å²) < 4.78 is 14.8. The molecule has 1 aromatic heterocycles. The number of amides is 1.